The van der Waals surface area contributed by atoms with E-state index in [9.17, 15) is 14.7 Å². The number of rotatable bonds is 9. The summed E-state index contributed by atoms with van der Waals surface area (Å²) in [5, 5.41) is 12.1. The maximum atomic E-state index is 12.4. The maximum Gasteiger partial charge on any atom is 0.326 e. The van der Waals surface area contributed by atoms with E-state index in [4.69, 9.17) is 21.1 Å². The van der Waals surface area contributed by atoms with Crippen molar-refractivity contribution in [3.8, 4) is 11.5 Å². The fourth-order valence-electron chi connectivity index (χ4n) is 2.10. The number of carbonyl (C=O) groups excluding carboxylic acids is 1. The molecule has 0 aliphatic heterocycles. The molecule has 0 saturated carbocycles. The number of halogens is 1. The SMILES string of the molecule is CCCOc1c(Cl)cc(C(=O)N[C@H](C(=O)O)[C@@H](C)CC)cc1OC. The topological polar surface area (TPSA) is 84.9 Å². The summed E-state index contributed by atoms with van der Waals surface area (Å²) >= 11 is 6.18. The van der Waals surface area contributed by atoms with Crippen molar-refractivity contribution >= 4 is 23.5 Å². The molecular formula is C17H24ClNO5. The fourth-order valence-corrected chi connectivity index (χ4v) is 2.37. The smallest absolute Gasteiger partial charge is 0.326 e. The van der Waals surface area contributed by atoms with Crippen molar-refractivity contribution in [1.82, 2.24) is 5.32 Å². The van der Waals surface area contributed by atoms with Crippen LogP contribution in [0.1, 0.15) is 44.0 Å². The maximum absolute atomic E-state index is 12.4. The van der Waals surface area contributed by atoms with Gasteiger partial charge in [-0.1, -0.05) is 38.8 Å². The van der Waals surface area contributed by atoms with Gasteiger partial charge in [-0.25, -0.2) is 4.79 Å². The molecule has 1 aromatic carbocycles. The average Bonchev–Trinajstić information content (AvgIpc) is 2.56. The average molecular weight is 358 g/mol. The molecule has 2 N–H and O–H groups in total. The summed E-state index contributed by atoms with van der Waals surface area (Å²) in [6.45, 7) is 6.07. The van der Waals surface area contributed by atoms with Gasteiger partial charge in [0.1, 0.15) is 6.04 Å². The Morgan fingerprint density at radius 3 is 2.50 bits per heavy atom. The van der Waals surface area contributed by atoms with Gasteiger partial charge in [0.15, 0.2) is 11.5 Å². The molecule has 7 heteroatoms. The first-order chi connectivity index (χ1) is 11.3. The number of carboxylic acid groups (broad SMARTS) is 1. The summed E-state index contributed by atoms with van der Waals surface area (Å²) in [6, 6.07) is 1.96. The summed E-state index contributed by atoms with van der Waals surface area (Å²) in [6.07, 6.45) is 1.43. The number of ether oxygens (including phenoxy) is 2. The Bertz CT molecular complexity index is 591. The first kappa shape index (κ1) is 20.1. The monoisotopic (exact) mass is 357 g/mol. The molecule has 24 heavy (non-hydrogen) atoms. The second-order valence-electron chi connectivity index (χ2n) is 5.51. The van der Waals surface area contributed by atoms with E-state index in [0.29, 0.717) is 24.5 Å². The van der Waals surface area contributed by atoms with Crippen LogP contribution in [0.2, 0.25) is 5.02 Å². The summed E-state index contributed by atoms with van der Waals surface area (Å²) < 4.78 is 10.8. The van der Waals surface area contributed by atoms with Gasteiger partial charge in [0, 0.05) is 5.56 Å². The number of hydrogen-bond donors (Lipinski definition) is 2. The van der Waals surface area contributed by atoms with Crippen molar-refractivity contribution in [3.63, 3.8) is 0 Å². The highest BCUT2D eigenvalue weighted by molar-refractivity contribution is 6.32. The molecule has 6 nitrogen and oxygen atoms in total. The summed E-state index contributed by atoms with van der Waals surface area (Å²) in [5.41, 5.74) is 0.218. The Morgan fingerprint density at radius 2 is 2.00 bits per heavy atom. The Balaban J connectivity index is 3.06. The minimum Gasteiger partial charge on any atom is -0.493 e. The first-order valence-electron chi connectivity index (χ1n) is 7.89. The van der Waals surface area contributed by atoms with Crippen molar-refractivity contribution in [2.45, 2.75) is 39.7 Å². The van der Waals surface area contributed by atoms with Crippen LogP contribution >= 0.6 is 11.6 Å². The molecule has 1 rings (SSSR count). The number of aliphatic carboxylic acids is 1. The summed E-state index contributed by atoms with van der Waals surface area (Å²) in [4.78, 5) is 23.7. The molecule has 0 radical (unpaired) electrons. The molecule has 0 aromatic heterocycles. The molecular weight excluding hydrogens is 334 g/mol. The normalized spacial score (nSPS) is 13.0. The van der Waals surface area contributed by atoms with Gasteiger partial charge in [0.2, 0.25) is 0 Å². The Kier molecular flexibility index (Phi) is 7.85. The van der Waals surface area contributed by atoms with E-state index in [1.54, 1.807) is 6.92 Å². The van der Waals surface area contributed by atoms with Crippen LogP contribution in [0.3, 0.4) is 0 Å². The minimum absolute atomic E-state index is 0.198. The molecule has 2 atom stereocenters. The number of amides is 1. The van der Waals surface area contributed by atoms with Crippen LogP contribution in [0.4, 0.5) is 0 Å². The highest BCUT2D eigenvalue weighted by atomic mass is 35.5. The number of benzene rings is 1. The van der Waals surface area contributed by atoms with Gasteiger partial charge in [0.05, 0.1) is 18.7 Å². The lowest BCUT2D eigenvalue weighted by molar-refractivity contribution is -0.140. The third-order valence-electron chi connectivity index (χ3n) is 3.71. The molecule has 1 aromatic rings. The van der Waals surface area contributed by atoms with E-state index in [2.05, 4.69) is 5.32 Å². The Hall–Kier alpha value is -1.95. The van der Waals surface area contributed by atoms with Crippen molar-refractivity contribution in [3.05, 3.63) is 22.7 Å². The van der Waals surface area contributed by atoms with Crippen molar-refractivity contribution in [1.29, 1.82) is 0 Å². The molecule has 0 saturated heterocycles. The lowest BCUT2D eigenvalue weighted by Crippen LogP contribution is -2.45. The van der Waals surface area contributed by atoms with Gasteiger partial charge in [-0.3, -0.25) is 4.79 Å². The van der Waals surface area contributed by atoms with Crippen molar-refractivity contribution < 1.29 is 24.2 Å². The molecule has 0 aliphatic carbocycles. The highest BCUT2D eigenvalue weighted by Gasteiger charge is 2.26. The van der Waals surface area contributed by atoms with Gasteiger partial charge in [0.25, 0.3) is 5.91 Å². The van der Waals surface area contributed by atoms with Crippen molar-refractivity contribution in [2.75, 3.05) is 13.7 Å². The third kappa shape index (κ3) is 5.03. The third-order valence-corrected chi connectivity index (χ3v) is 3.99. The van der Waals surface area contributed by atoms with Crippen LogP contribution in [0, 0.1) is 5.92 Å². The molecule has 0 aliphatic rings. The number of carbonyl (C=O) groups is 2. The molecule has 0 fully saturated rings. The minimum atomic E-state index is -1.07. The molecule has 0 unspecified atom stereocenters. The number of hydrogen-bond acceptors (Lipinski definition) is 4. The van der Waals surface area contributed by atoms with Crippen LogP contribution < -0.4 is 14.8 Å². The number of carboxylic acids is 1. The predicted octanol–water partition coefficient (Wildman–Crippen LogP) is 3.37. The zero-order valence-electron chi connectivity index (χ0n) is 14.4. The Labute approximate surface area is 147 Å². The second-order valence-corrected chi connectivity index (χ2v) is 5.92. The fraction of sp³-hybridized carbons (Fsp3) is 0.529. The molecule has 134 valence electrons. The lowest BCUT2D eigenvalue weighted by Gasteiger charge is -2.20. The second kappa shape index (κ2) is 9.37. The van der Waals surface area contributed by atoms with Gasteiger partial charge in [-0.2, -0.15) is 0 Å². The van der Waals surface area contributed by atoms with Crippen molar-refractivity contribution in [2.24, 2.45) is 5.92 Å². The molecule has 0 bridgehead atoms. The molecule has 0 spiro atoms. The van der Waals surface area contributed by atoms with Crippen LogP contribution in [0.5, 0.6) is 11.5 Å². The Morgan fingerprint density at radius 1 is 1.33 bits per heavy atom. The van der Waals surface area contributed by atoms with Gasteiger partial charge in [-0.15, -0.1) is 0 Å². The predicted molar refractivity (Wildman–Crippen MR) is 92.1 cm³/mol. The van der Waals surface area contributed by atoms with E-state index < -0.39 is 17.9 Å². The lowest BCUT2D eigenvalue weighted by atomic mass is 9.99. The molecule has 1 amide bonds. The van der Waals surface area contributed by atoms with E-state index in [1.807, 2.05) is 13.8 Å². The quantitative estimate of drug-likeness (QED) is 0.707. The van der Waals surface area contributed by atoms with Crippen LogP contribution in [0.25, 0.3) is 0 Å². The first-order valence-corrected chi connectivity index (χ1v) is 8.27. The summed E-state index contributed by atoms with van der Waals surface area (Å²) in [7, 11) is 1.45. The number of methoxy groups -OCH3 is 1. The van der Waals surface area contributed by atoms with Crippen LogP contribution in [-0.2, 0) is 4.79 Å². The summed E-state index contributed by atoms with van der Waals surface area (Å²) in [5.74, 6) is -1.09. The van der Waals surface area contributed by atoms with Crippen LogP contribution in [-0.4, -0.2) is 36.7 Å². The zero-order chi connectivity index (χ0) is 18.3. The van der Waals surface area contributed by atoms with E-state index in [-0.39, 0.29) is 16.5 Å². The van der Waals surface area contributed by atoms with Gasteiger partial charge < -0.3 is 19.9 Å². The number of nitrogens with one attached hydrogen (secondary N) is 1. The van der Waals surface area contributed by atoms with Gasteiger partial charge >= 0.3 is 5.97 Å². The highest BCUT2D eigenvalue weighted by Crippen LogP contribution is 2.36. The van der Waals surface area contributed by atoms with Gasteiger partial charge in [-0.05, 0) is 24.5 Å². The van der Waals surface area contributed by atoms with E-state index in [1.165, 1.54) is 19.2 Å². The largest absolute Gasteiger partial charge is 0.493 e. The van der Waals surface area contributed by atoms with Crippen LogP contribution in [0.15, 0.2) is 12.1 Å². The standard InChI is InChI=1S/C17H24ClNO5/c1-5-7-24-15-12(18)8-11(9-13(15)23-4)16(20)19-14(17(21)22)10(3)6-2/h8-10,14H,5-7H2,1-4H3,(H,19,20)(H,21,22)/t10-,14-/m0/s1. The zero-order valence-corrected chi connectivity index (χ0v) is 15.1. The van der Waals surface area contributed by atoms with E-state index in [0.717, 1.165) is 6.42 Å². The van der Waals surface area contributed by atoms with E-state index >= 15 is 0 Å². The molecule has 0 heterocycles.